The fourth-order valence-electron chi connectivity index (χ4n) is 2.44. The molecule has 114 valence electrons. The summed E-state index contributed by atoms with van der Waals surface area (Å²) in [6.07, 6.45) is 0. The molecule has 0 aromatic rings. The summed E-state index contributed by atoms with van der Waals surface area (Å²) >= 11 is 0. The van der Waals surface area contributed by atoms with Gasteiger partial charge in [0.05, 0.1) is 26.2 Å². The van der Waals surface area contributed by atoms with Gasteiger partial charge in [-0.25, -0.2) is 0 Å². The van der Waals surface area contributed by atoms with Gasteiger partial charge >= 0.3 is 0 Å². The molecule has 0 saturated carbocycles. The summed E-state index contributed by atoms with van der Waals surface area (Å²) < 4.78 is 1.19. The number of likely N-dealkylation sites (N-methyl/N-ethyl adjacent to an activating group) is 4. The van der Waals surface area contributed by atoms with Crippen molar-refractivity contribution in [2.24, 2.45) is 0 Å². The van der Waals surface area contributed by atoms with Gasteiger partial charge in [0.25, 0.3) is 0 Å². The van der Waals surface area contributed by atoms with Crippen molar-refractivity contribution in [2.75, 3.05) is 80.5 Å². The Hall–Kier alpha value is -0.160. The number of hydrogen-bond donors (Lipinski definition) is 0. The van der Waals surface area contributed by atoms with Crippen molar-refractivity contribution in [1.82, 2.24) is 14.7 Å². The van der Waals surface area contributed by atoms with Gasteiger partial charge in [0, 0.05) is 39.3 Å². The van der Waals surface area contributed by atoms with Crippen molar-refractivity contribution in [2.45, 2.75) is 19.9 Å². The molecule has 4 heteroatoms. The van der Waals surface area contributed by atoms with Crippen LogP contribution in [-0.4, -0.2) is 106 Å². The highest BCUT2D eigenvalue weighted by atomic mass is 15.4. The van der Waals surface area contributed by atoms with E-state index in [1.807, 2.05) is 0 Å². The monoisotopic (exact) mass is 271 g/mol. The predicted molar refractivity (Wildman–Crippen MR) is 83.5 cm³/mol. The van der Waals surface area contributed by atoms with Crippen LogP contribution in [0.4, 0.5) is 0 Å². The molecule has 0 spiro atoms. The summed E-state index contributed by atoms with van der Waals surface area (Å²) in [5.74, 6) is 0. The molecule has 0 N–H and O–H groups in total. The highest BCUT2D eigenvalue weighted by molar-refractivity contribution is 4.63. The van der Waals surface area contributed by atoms with Crippen LogP contribution >= 0.6 is 0 Å². The quantitative estimate of drug-likeness (QED) is 0.649. The SMILES string of the molecule is CC(C)[N+]1(C)CCN(C)CCN(C)CCN(C)CC1. The van der Waals surface area contributed by atoms with Crippen LogP contribution in [0.5, 0.6) is 0 Å². The fourth-order valence-corrected chi connectivity index (χ4v) is 2.44. The van der Waals surface area contributed by atoms with Gasteiger partial charge in [0.15, 0.2) is 0 Å². The molecule has 0 aliphatic carbocycles. The van der Waals surface area contributed by atoms with Crippen molar-refractivity contribution in [1.29, 1.82) is 0 Å². The van der Waals surface area contributed by atoms with E-state index in [2.05, 4.69) is 56.7 Å². The first-order valence-corrected chi connectivity index (χ1v) is 7.73. The van der Waals surface area contributed by atoms with E-state index in [9.17, 15) is 0 Å². The van der Waals surface area contributed by atoms with Crippen molar-refractivity contribution >= 4 is 0 Å². The van der Waals surface area contributed by atoms with Gasteiger partial charge in [-0.15, -0.1) is 0 Å². The van der Waals surface area contributed by atoms with E-state index >= 15 is 0 Å². The van der Waals surface area contributed by atoms with E-state index in [1.165, 1.54) is 56.8 Å². The second kappa shape index (κ2) is 7.58. The summed E-state index contributed by atoms with van der Waals surface area (Å²) in [6, 6.07) is 0.701. The molecule has 0 bridgehead atoms. The third-order valence-electron chi connectivity index (χ3n) is 4.96. The Morgan fingerprint density at radius 3 is 1.32 bits per heavy atom. The Kier molecular flexibility index (Phi) is 6.74. The van der Waals surface area contributed by atoms with Crippen LogP contribution < -0.4 is 0 Å². The minimum Gasteiger partial charge on any atom is -0.322 e. The highest BCUT2D eigenvalue weighted by Crippen LogP contribution is 2.10. The maximum atomic E-state index is 2.49. The molecule has 1 aliphatic rings. The van der Waals surface area contributed by atoms with Crippen molar-refractivity contribution in [3.05, 3.63) is 0 Å². The Bertz CT molecular complexity index is 237. The summed E-state index contributed by atoms with van der Waals surface area (Å²) in [6.45, 7) is 14.3. The Labute approximate surface area is 120 Å². The molecule has 1 saturated heterocycles. The van der Waals surface area contributed by atoms with Crippen LogP contribution in [0.2, 0.25) is 0 Å². The molecule has 1 rings (SSSR count). The number of quaternary nitrogens is 1. The number of rotatable bonds is 1. The van der Waals surface area contributed by atoms with Gasteiger partial charge < -0.3 is 9.38 Å². The molecule has 4 nitrogen and oxygen atoms in total. The van der Waals surface area contributed by atoms with Crippen molar-refractivity contribution < 1.29 is 4.48 Å². The lowest BCUT2D eigenvalue weighted by Crippen LogP contribution is -2.56. The summed E-state index contributed by atoms with van der Waals surface area (Å²) in [5, 5.41) is 0. The van der Waals surface area contributed by atoms with Gasteiger partial charge in [0.1, 0.15) is 0 Å². The van der Waals surface area contributed by atoms with Crippen molar-refractivity contribution in [3.8, 4) is 0 Å². The smallest absolute Gasteiger partial charge is 0.0916 e. The lowest BCUT2D eigenvalue weighted by atomic mass is 10.2. The molecule has 0 atom stereocenters. The minimum atomic E-state index is 0.701. The molecule has 19 heavy (non-hydrogen) atoms. The Morgan fingerprint density at radius 1 is 0.684 bits per heavy atom. The zero-order valence-electron chi connectivity index (χ0n) is 14.0. The first-order valence-electron chi connectivity index (χ1n) is 7.73. The van der Waals surface area contributed by atoms with Crippen LogP contribution in [-0.2, 0) is 0 Å². The van der Waals surface area contributed by atoms with E-state index in [0.717, 1.165) is 0 Å². The molecule has 0 radical (unpaired) electrons. The van der Waals surface area contributed by atoms with Crippen molar-refractivity contribution in [3.63, 3.8) is 0 Å². The summed E-state index contributed by atoms with van der Waals surface area (Å²) in [4.78, 5) is 7.42. The van der Waals surface area contributed by atoms with Gasteiger partial charge in [-0.2, -0.15) is 0 Å². The van der Waals surface area contributed by atoms with Crippen LogP contribution in [0.25, 0.3) is 0 Å². The summed E-state index contributed by atoms with van der Waals surface area (Å²) in [5.41, 5.74) is 0. The second-order valence-corrected chi connectivity index (χ2v) is 6.93. The van der Waals surface area contributed by atoms with E-state index in [-0.39, 0.29) is 0 Å². The molecule has 0 aromatic carbocycles. The normalized spacial score (nSPS) is 26.1. The minimum absolute atomic E-state index is 0.701. The second-order valence-electron chi connectivity index (χ2n) is 6.93. The van der Waals surface area contributed by atoms with Crippen LogP contribution in [0, 0.1) is 0 Å². The molecule has 1 heterocycles. The van der Waals surface area contributed by atoms with Gasteiger partial charge in [-0.3, -0.25) is 9.80 Å². The average Bonchev–Trinajstić information content (AvgIpc) is 2.36. The maximum Gasteiger partial charge on any atom is 0.0916 e. The van der Waals surface area contributed by atoms with Gasteiger partial charge in [-0.05, 0) is 35.0 Å². The molecule has 1 aliphatic heterocycles. The zero-order valence-corrected chi connectivity index (χ0v) is 14.0. The molecule has 0 aromatic heterocycles. The lowest BCUT2D eigenvalue weighted by molar-refractivity contribution is -0.928. The molecule has 1 fully saturated rings. The average molecular weight is 271 g/mol. The topological polar surface area (TPSA) is 9.72 Å². The van der Waals surface area contributed by atoms with Gasteiger partial charge in [0.2, 0.25) is 0 Å². The van der Waals surface area contributed by atoms with Crippen LogP contribution in [0.15, 0.2) is 0 Å². The Balaban J connectivity index is 2.65. The van der Waals surface area contributed by atoms with E-state index in [0.29, 0.717) is 6.04 Å². The highest BCUT2D eigenvalue weighted by Gasteiger charge is 2.26. The maximum absolute atomic E-state index is 2.49. The third-order valence-corrected chi connectivity index (χ3v) is 4.96. The molecule has 0 unspecified atom stereocenters. The molecular formula is C15H35N4+. The number of hydrogen-bond acceptors (Lipinski definition) is 3. The molecular weight excluding hydrogens is 236 g/mol. The third kappa shape index (κ3) is 5.78. The number of nitrogens with zero attached hydrogens (tertiary/aromatic N) is 4. The largest absolute Gasteiger partial charge is 0.322 e. The predicted octanol–water partition coefficient (Wildman–Crippen LogP) is 0.650. The Morgan fingerprint density at radius 2 is 1.00 bits per heavy atom. The summed E-state index contributed by atoms with van der Waals surface area (Å²) in [7, 11) is 9.18. The van der Waals surface area contributed by atoms with E-state index < -0.39 is 0 Å². The van der Waals surface area contributed by atoms with E-state index in [4.69, 9.17) is 0 Å². The molecule has 0 amide bonds. The van der Waals surface area contributed by atoms with E-state index in [1.54, 1.807) is 0 Å². The van der Waals surface area contributed by atoms with Crippen LogP contribution in [0.1, 0.15) is 13.8 Å². The first kappa shape index (κ1) is 16.9. The standard InChI is InChI=1S/C15H35N4/c1-15(2)19(6)13-11-17(4)9-7-16(3)8-10-18(5)12-14-19/h15H,7-14H2,1-6H3/q+1. The van der Waals surface area contributed by atoms with Gasteiger partial charge in [-0.1, -0.05) is 0 Å². The fraction of sp³-hybridized carbons (Fsp3) is 1.00. The zero-order chi connectivity index (χ0) is 14.5. The first-order chi connectivity index (χ1) is 8.83. The van der Waals surface area contributed by atoms with Crippen LogP contribution in [0.3, 0.4) is 0 Å². The lowest BCUT2D eigenvalue weighted by Gasteiger charge is -2.41.